The zero-order valence-corrected chi connectivity index (χ0v) is 11.6. The monoisotopic (exact) mass is 291 g/mol. The van der Waals surface area contributed by atoms with E-state index in [9.17, 15) is 14.5 Å². The van der Waals surface area contributed by atoms with Crippen molar-refractivity contribution in [1.29, 1.82) is 0 Å². The van der Waals surface area contributed by atoms with Gasteiger partial charge in [-0.25, -0.2) is 9.37 Å². The Morgan fingerprint density at radius 2 is 2.19 bits per heavy atom. The van der Waals surface area contributed by atoms with Crippen molar-refractivity contribution in [3.8, 4) is 0 Å². The number of aryl methyl sites for hydroxylation is 1. The zero-order valence-electron chi connectivity index (χ0n) is 11.6. The molecule has 2 N–H and O–H groups in total. The summed E-state index contributed by atoms with van der Waals surface area (Å²) in [5.74, 6) is -0.254. The van der Waals surface area contributed by atoms with Crippen LogP contribution >= 0.6 is 0 Å². The van der Waals surface area contributed by atoms with Crippen LogP contribution < -0.4 is 10.6 Å². The van der Waals surface area contributed by atoms with Gasteiger partial charge in [0.15, 0.2) is 0 Å². The lowest BCUT2D eigenvalue weighted by molar-refractivity contribution is -0.384. The van der Waals surface area contributed by atoms with Gasteiger partial charge in [0.1, 0.15) is 12.0 Å². The van der Waals surface area contributed by atoms with Gasteiger partial charge in [-0.15, -0.1) is 0 Å². The van der Waals surface area contributed by atoms with Gasteiger partial charge in [-0.3, -0.25) is 10.1 Å². The van der Waals surface area contributed by atoms with Gasteiger partial charge in [0, 0.05) is 13.6 Å². The minimum Gasteiger partial charge on any atom is -0.378 e. The molecule has 0 aliphatic carbocycles. The van der Waals surface area contributed by atoms with E-state index in [0.717, 1.165) is 11.8 Å². The van der Waals surface area contributed by atoms with E-state index in [-0.39, 0.29) is 23.3 Å². The molecule has 0 atom stereocenters. The predicted octanol–water partition coefficient (Wildman–Crippen LogP) is 2.05. The quantitative estimate of drug-likeness (QED) is 0.683. The van der Waals surface area contributed by atoms with E-state index in [1.165, 1.54) is 6.07 Å². The topological polar surface area (TPSA) is 98.2 Å². The fraction of sp³-hybridized carbons (Fsp3) is 0.231. The first-order chi connectivity index (χ1) is 9.88. The molecule has 2 rings (SSSR count). The molecular formula is C13H14FN5O2. The molecule has 1 aromatic heterocycles. The molecule has 1 aromatic carbocycles. The molecule has 0 radical (unpaired) electrons. The maximum atomic E-state index is 13.5. The van der Waals surface area contributed by atoms with Gasteiger partial charge in [-0.2, -0.15) is 4.98 Å². The van der Waals surface area contributed by atoms with Crippen molar-refractivity contribution in [3.05, 3.63) is 51.5 Å². The molecule has 2 aromatic rings. The molecule has 0 saturated carbocycles. The third-order valence-corrected chi connectivity index (χ3v) is 2.98. The molecule has 0 aliphatic heterocycles. The van der Waals surface area contributed by atoms with Gasteiger partial charge >= 0.3 is 5.69 Å². The molecule has 0 bridgehead atoms. The molecule has 1 heterocycles. The number of hydrogen-bond donors (Lipinski definition) is 1. The van der Waals surface area contributed by atoms with Crippen molar-refractivity contribution in [2.45, 2.75) is 13.5 Å². The minimum absolute atomic E-state index is 0.202. The Hall–Kier alpha value is -2.77. The third-order valence-electron chi connectivity index (χ3n) is 2.98. The summed E-state index contributed by atoms with van der Waals surface area (Å²) in [6, 6.07) is 4.91. The molecule has 0 amide bonds. The number of anilines is 2. The number of nitrogens with two attached hydrogens (primary N) is 1. The molecule has 110 valence electrons. The summed E-state index contributed by atoms with van der Waals surface area (Å²) in [6.07, 6.45) is 1.06. The zero-order chi connectivity index (χ0) is 15.6. The summed E-state index contributed by atoms with van der Waals surface area (Å²) in [5, 5.41) is 10.7. The van der Waals surface area contributed by atoms with Gasteiger partial charge in [0.25, 0.3) is 0 Å². The first-order valence-corrected chi connectivity index (χ1v) is 6.11. The lowest BCUT2D eigenvalue weighted by Gasteiger charge is -2.17. The average Bonchev–Trinajstić information content (AvgIpc) is 2.42. The number of nitrogens with zero attached hydrogens (tertiary/aromatic N) is 4. The summed E-state index contributed by atoms with van der Waals surface area (Å²) in [6.45, 7) is 2.04. The highest BCUT2D eigenvalue weighted by Crippen LogP contribution is 2.20. The molecule has 21 heavy (non-hydrogen) atoms. The molecule has 0 aliphatic rings. The van der Waals surface area contributed by atoms with Crippen molar-refractivity contribution >= 4 is 17.5 Å². The molecule has 8 heteroatoms. The first kappa shape index (κ1) is 14.6. The lowest BCUT2D eigenvalue weighted by Crippen LogP contribution is -2.20. The van der Waals surface area contributed by atoms with E-state index < -0.39 is 4.92 Å². The highest BCUT2D eigenvalue weighted by atomic mass is 19.1. The van der Waals surface area contributed by atoms with Crippen molar-refractivity contribution < 1.29 is 9.31 Å². The van der Waals surface area contributed by atoms with E-state index in [2.05, 4.69) is 9.97 Å². The van der Waals surface area contributed by atoms with Crippen LogP contribution in [-0.2, 0) is 6.54 Å². The van der Waals surface area contributed by atoms with Crippen molar-refractivity contribution in [3.63, 3.8) is 0 Å². The number of nitro groups is 1. The van der Waals surface area contributed by atoms with E-state index in [1.54, 1.807) is 31.0 Å². The summed E-state index contributed by atoms with van der Waals surface area (Å²) in [4.78, 5) is 19.4. The molecule has 7 nitrogen and oxygen atoms in total. The van der Waals surface area contributed by atoms with Gasteiger partial charge in [0.05, 0.1) is 4.92 Å². The highest BCUT2D eigenvalue weighted by Gasteiger charge is 2.16. The Kier molecular flexibility index (Phi) is 3.97. The lowest BCUT2D eigenvalue weighted by atomic mass is 10.1. The van der Waals surface area contributed by atoms with Crippen LogP contribution in [0.1, 0.15) is 11.1 Å². The Bertz CT molecular complexity index is 692. The standard InChI is InChI=1S/C13H14FN5O2/c1-8-3-4-9(5-10(8)14)7-18(2)13-16-6-11(19(20)21)12(15)17-13/h3-6H,7H2,1-2H3,(H2,15,16,17). The van der Waals surface area contributed by atoms with Crippen LogP contribution in [0.5, 0.6) is 0 Å². The highest BCUT2D eigenvalue weighted by molar-refractivity contribution is 5.53. The van der Waals surface area contributed by atoms with E-state index >= 15 is 0 Å². The molecule has 0 spiro atoms. The van der Waals surface area contributed by atoms with Crippen molar-refractivity contribution in [2.75, 3.05) is 17.7 Å². The number of nitrogen functional groups attached to an aromatic ring is 1. The second-order valence-corrected chi connectivity index (χ2v) is 4.64. The van der Waals surface area contributed by atoms with Crippen molar-refractivity contribution in [2.24, 2.45) is 0 Å². The third kappa shape index (κ3) is 3.22. The van der Waals surface area contributed by atoms with Crippen molar-refractivity contribution in [1.82, 2.24) is 9.97 Å². The van der Waals surface area contributed by atoms with Crippen LogP contribution in [0.2, 0.25) is 0 Å². The molecule has 0 fully saturated rings. The fourth-order valence-corrected chi connectivity index (χ4v) is 1.78. The number of rotatable bonds is 4. The number of halogens is 1. The molecule has 0 saturated heterocycles. The summed E-state index contributed by atoms with van der Waals surface area (Å²) >= 11 is 0. The van der Waals surface area contributed by atoms with Crippen LogP contribution in [0.3, 0.4) is 0 Å². The Balaban J connectivity index is 2.20. The smallest absolute Gasteiger partial charge is 0.329 e. The van der Waals surface area contributed by atoms with Crippen LogP contribution in [0.15, 0.2) is 24.4 Å². The average molecular weight is 291 g/mol. The Morgan fingerprint density at radius 3 is 2.76 bits per heavy atom. The van der Waals surface area contributed by atoms with E-state index in [1.807, 2.05) is 0 Å². The van der Waals surface area contributed by atoms with Crippen LogP contribution in [-0.4, -0.2) is 21.9 Å². The predicted molar refractivity (Wildman–Crippen MR) is 76.3 cm³/mol. The number of aromatic nitrogens is 2. The van der Waals surface area contributed by atoms with Gasteiger partial charge in [-0.05, 0) is 24.1 Å². The first-order valence-electron chi connectivity index (χ1n) is 6.11. The second-order valence-electron chi connectivity index (χ2n) is 4.64. The minimum atomic E-state index is -0.644. The largest absolute Gasteiger partial charge is 0.378 e. The summed E-state index contributed by atoms with van der Waals surface area (Å²) in [7, 11) is 1.69. The van der Waals surface area contributed by atoms with Gasteiger partial charge in [0.2, 0.25) is 11.8 Å². The van der Waals surface area contributed by atoms with Gasteiger partial charge < -0.3 is 10.6 Å². The summed E-state index contributed by atoms with van der Waals surface area (Å²) in [5.41, 5.74) is 6.48. The Labute approximate surface area is 120 Å². The van der Waals surface area contributed by atoms with Crippen LogP contribution in [0.4, 0.5) is 21.8 Å². The van der Waals surface area contributed by atoms with Crippen LogP contribution in [0, 0.1) is 22.9 Å². The Morgan fingerprint density at radius 1 is 1.48 bits per heavy atom. The maximum absolute atomic E-state index is 13.5. The van der Waals surface area contributed by atoms with Crippen LogP contribution in [0.25, 0.3) is 0 Å². The summed E-state index contributed by atoms with van der Waals surface area (Å²) < 4.78 is 13.5. The second kappa shape index (κ2) is 5.70. The maximum Gasteiger partial charge on any atom is 0.329 e. The molecule has 0 unspecified atom stereocenters. The van der Waals surface area contributed by atoms with Gasteiger partial charge in [-0.1, -0.05) is 12.1 Å². The fourth-order valence-electron chi connectivity index (χ4n) is 1.78. The van der Waals surface area contributed by atoms with E-state index in [4.69, 9.17) is 5.73 Å². The SMILES string of the molecule is Cc1ccc(CN(C)c2ncc([N+](=O)[O-])c(N)n2)cc1F. The molecular weight excluding hydrogens is 277 g/mol. The normalized spacial score (nSPS) is 10.4. The number of benzene rings is 1. The van der Waals surface area contributed by atoms with E-state index in [0.29, 0.717) is 12.1 Å². The number of hydrogen-bond acceptors (Lipinski definition) is 6.